The van der Waals surface area contributed by atoms with Crippen molar-refractivity contribution in [3.05, 3.63) is 88.4 Å². The summed E-state index contributed by atoms with van der Waals surface area (Å²) in [7, 11) is 1.69. The van der Waals surface area contributed by atoms with E-state index in [0.29, 0.717) is 13.1 Å². The van der Waals surface area contributed by atoms with Gasteiger partial charge in [0.25, 0.3) is 5.91 Å². The minimum Gasteiger partial charge on any atom is -0.496 e. The maximum Gasteiger partial charge on any atom is 0.270 e. The summed E-state index contributed by atoms with van der Waals surface area (Å²) in [5, 5.41) is 3.19. The minimum absolute atomic E-state index is 0.0952. The molecule has 0 spiro atoms. The molecule has 0 fully saturated rings. The van der Waals surface area contributed by atoms with Gasteiger partial charge in [-0.05, 0) is 41.1 Å². The van der Waals surface area contributed by atoms with Crippen molar-refractivity contribution in [3.63, 3.8) is 0 Å². The molecule has 0 bridgehead atoms. The standard InChI is InChI=1S/C24H22N2O2S/c1-28-22-9-5-4-8-20(22)16-26-21(14-18-11-13-29-24(18)26)23(27)25-12-10-17-6-2-3-7-19(17)15-25/h2-9,11,13-14H,10,12,15-16H2,1H3. The first-order valence-electron chi connectivity index (χ1n) is 9.79. The number of aromatic nitrogens is 1. The molecule has 1 aliphatic heterocycles. The summed E-state index contributed by atoms with van der Waals surface area (Å²) >= 11 is 1.67. The number of methoxy groups -OCH3 is 1. The minimum atomic E-state index is 0.0952. The monoisotopic (exact) mass is 402 g/mol. The van der Waals surface area contributed by atoms with Gasteiger partial charge in [0.15, 0.2) is 0 Å². The van der Waals surface area contributed by atoms with Gasteiger partial charge in [-0.3, -0.25) is 4.79 Å². The first-order chi connectivity index (χ1) is 14.2. The van der Waals surface area contributed by atoms with E-state index in [9.17, 15) is 4.79 Å². The van der Waals surface area contributed by atoms with Crippen LogP contribution in [0.3, 0.4) is 0 Å². The van der Waals surface area contributed by atoms with Gasteiger partial charge >= 0.3 is 0 Å². The third-order valence-electron chi connectivity index (χ3n) is 5.66. The van der Waals surface area contributed by atoms with Crippen molar-refractivity contribution in [1.82, 2.24) is 9.47 Å². The number of thiophene rings is 1. The topological polar surface area (TPSA) is 34.5 Å². The second-order valence-corrected chi connectivity index (χ2v) is 8.25. The molecular formula is C24H22N2O2S. The van der Waals surface area contributed by atoms with Crippen LogP contribution in [0.1, 0.15) is 27.2 Å². The van der Waals surface area contributed by atoms with Crippen LogP contribution in [-0.4, -0.2) is 29.0 Å². The van der Waals surface area contributed by atoms with E-state index in [4.69, 9.17) is 4.74 Å². The van der Waals surface area contributed by atoms with E-state index in [1.165, 1.54) is 11.1 Å². The average molecular weight is 403 g/mol. The van der Waals surface area contributed by atoms with Crippen LogP contribution in [0.25, 0.3) is 10.2 Å². The Labute approximate surface area is 174 Å². The molecule has 5 rings (SSSR count). The molecule has 2 aromatic carbocycles. The highest BCUT2D eigenvalue weighted by atomic mass is 32.1. The zero-order chi connectivity index (χ0) is 19.8. The molecule has 29 heavy (non-hydrogen) atoms. The number of ether oxygens (including phenoxy) is 1. The summed E-state index contributed by atoms with van der Waals surface area (Å²) in [6.07, 6.45) is 0.906. The van der Waals surface area contributed by atoms with E-state index in [-0.39, 0.29) is 5.91 Å². The van der Waals surface area contributed by atoms with Crippen LogP contribution < -0.4 is 4.74 Å². The Morgan fingerprint density at radius 2 is 1.86 bits per heavy atom. The van der Waals surface area contributed by atoms with Crippen molar-refractivity contribution < 1.29 is 9.53 Å². The van der Waals surface area contributed by atoms with Crippen LogP contribution in [0.5, 0.6) is 5.75 Å². The Morgan fingerprint density at radius 3 is 2.72 bits per heavy atom. The fourth-order valence-corrected chi connectivity index (χ4v) is 5.04. The molecule has 0 unspecified atom stereocenters. The first kappa shape index (κ1) is 18.0. The van der Waals surface area contributed by atoms with Crippen LogP contribution in [0, 0.1) is 0 Å². The van der Waals surface area contributed by atoms with Gasteiger partial charge in [-0.2, -0.15) is 0 Å². The van der Waals surface area contributed by atoms with Crippen LogP contribution in [-0.2, 0) is 19.5 Å². The van der Waals surface area contributed by atoms with Gasteiger partial charge in [0.1, 0.15) is 16.3 Å². The number of benzene rings is 2. The third kappa shape index (κ3) is 3.21. The van der Waals surface area contributed by atoms with E-state index < -0.39 is 0 Å². The molecule has 0 aliphatic carbocycles. The molecule has 2 aromatic heterocycles. The molecule has 1 aliphatic rings. The Bertz CT molecular complexity index is 1190. The van der Waals surface area contributed by atoms with E-state index >= 15 is 0 Å². The number of carbonyl (C=O) groups is 1. The highest BCUT2D eigenvalue weighted by Crippen LogP contribution is 2.30. The maximum absolute atomic E-state index is 13.5. The predicted octanol–water partition coefficient (Wildman–Crippen LogP) is 4.96. The lowest BCUT2D eigenvalue weighted by molar-refractivity contribution is 0.0724. The molecule has 5 heteroatoms. The van der Waals surface area contributed by atoms with Crippen LogP contribution in [0.2, 0.25) is 0 Å². The Balaban J connectivity index is 1.51. The summed E-state index contributed by atoms with van der Waals surface area (Å²) in [6, 6.07) is 20.5. The van der Waals surface area contributed by atoms with Gasteiger partial charge in [0.05, 0.1) is 13.7 Å². The van der Waals surface area contributed by atoms with Crippen molar-refractivity contribution in [2.75, 3.05) is 13.7 Å². The number of rotatable bonds is 4. The zero-order valence-electron chi connectivity index (χ0n) is 16.3. The fourth-order valence-electron chi connectivity index (χ4n) is 4.14. The molecule has 4 aromatic rings. The van der Waals surface area contributed by atoms with Gasteiger partial charge in [-0.1, -0.05) is 42.5 Å². The van der Waals surface area contributed by atoms with E-state index in [1.54, 1.807) is 18.4 Å². The zero-order valence-corrected chi connectivity index (χ0v) is 17.1. The smallest absolute Gasteiger partial charge is 0.270 e. The number of carbonyl (C=O) groups excluding carboxylic acids is 1. The molecule has 0 saturated carbocycles. The maximum atomic E-state index is 13.5. The third-order valence-corrected chi connectivity index (χ3v) is 6.61. The second kappa shape index (κ2) is 7.41. The van der Waals surface area contributed by atoms with Crippen LogP contribution in [0.4, 0.5) is 0 Å². The number of nitrogens with zero attached hydrogens (tertiary/aromatic N) is 2. The Morgan fingerprint density at radius 1 is 1.07 bits per heavy atom. The molecule has 146 valence electrons. The number of para-hydroxylation sites is 1. The van der Waals surface area contributed by atoms with Gasteiger partial charge in [-0.25, -0.2) is 0 Å². The Kier molecular flexibility index (Phi) is 4.60. The summed E-state index contributed by atoms with van der Waals surface area (Å²) in [5.74, 6) is 0.939. The number of hydrogen-bond donors (Lipinski definition) is 0. The highest BCUT2D eigenvalue weighted by Gasteiger charge is 2.25. The summed E-state index contributed by atoms with van der Waals surface area (Å²) in [5.41, 5.74) is 4.41. The van der Waals surface area contributed by atoms with E-state index in [2.05, 4.69) is 40.3 Å². The SMILES string of the molecule is COc1ccccc1Cn1c(C(=O)N2CCc3ccccc3C2)cc2ccsc21. The Hall–Kier alpha value is -3.05. The van der Waals surface area contributed by atoms with Crippen molar-refractivity contribution in [2.45, 2.75) is 19.5 Å². The second-order valence-electron chi connectivity index (χ2n) is 7.35. The number of amides is 1. The van der Waals surface area contributed by atoms with Crippen molar-refractivity contribution >= 4 is 27.5 Å². The number of hydrogen-bond acceptors (Lipinski definition) is 3. The summed E-state index contributed by atoms with van der Waals surface area (Å²) in [4.78, 5) is 16.6. The normalized spacial score (nSPS) is 13.5. The van der Waals surface area contributed by atoms with Gasteiger partial charge < -0.3 is 14.2 Å². The van der Waals surface area contributed by atoms with Crippen LogP contribution in [0.15, 0.2) is 66.0 Å². The summed E-state index contributed by atoms with van der Waals surface area (Å²) in [6.45, 7) is 2.03. The molecule has 0 radical (unpaired) electrons. The molecular weight excluding hydrogens is 380 g/mol. The van der Waals surface area contributed by atoms with Crippen molar-refractivity contribution in [2.24, 2.45) is 0 Å². The molecule has 3 heterocycles. The largest absolute Gasteiger partial charge is 0.496 e. The molecule has 1 amide bonds. The summed E-state index contributed by atoms with van der Waals surface area (Å²) < 4.78 is 7.68. The van der Waals surface area contributed by atoms with Gasteiger partial charge in [-0.15, -0.1) is 11.3 Å². The quantitative estimate of drug-likeness (QED) is 0.484. The predicted molar refractivity (Wildman–Crippen MR) is 117 cm³/mol. The van der Waals surface area contributed by atoms with Crippen molar-refractivity contribution in [1.29, 1.82) is 0 Å². The molecule has 4 nitrogen and oxygen atoms in total. The average Bonchev–Trinajstić information content (AvgIpc) is 3.36. The lowest BCUT2D eigenvalue weighted by Gasteiger charge is -2.29. The fraction of sp³-hybridized carbons (Fsp3) is 0.208. The number of fused-ring (bicyclic) bond motifs is 2. The lowest BCUT2D eigenvalue weighted by Crippen LogP contribution is -2.37. The molecule has 0 saturated heterocycles. The van der Waals surface area contributed by atoms with E-state index in [1.807, 2.05) is 35.2 Å². The first-order valence-corrected chi connectivity index (χ1v) is 10.7. The molecule has 0 N–H and O–H groups in total. The van der Waals surface area contributed by atoms with Gasteiger partial charge in [0, 0.05) is 24.0 Å². The lowest BCUT2D eigenvalue weighted by atomic mass is 10.00. The van der Waals surface area contributed by atoms with Crippen molar-refractivity contribution in [3.8, 4) is 5.75 Å². The van der Waals surface area contributed by atoms with E-state index in [0.717, 1.165) is 40.2 Å². The highest BCUT2D eigenvalue weighted by molar-refractivity contribution is 7.16. The van der Waals surface area contributed by atoms with Crippen LogP contribution >= 0.6 is 11.3 Å². The van der Waals surface area contributed by atoms with Gasteiger partial charge in [0.2, 0.25) is 0 Å². The molecule has 0 atom stereocenters.